The van der Waals surface area contributed by atoms with E-state index in [4.69, 9.17) is 19.5 Å². The Morgan fingerprint density at radius 2 is 0.919 bits per heavy atom. The number of rotatable bonds is 12. The minimum absolute atomic E-state index is 0.0224. The number of benzene rings is 2. The van der Waals surface area contributed by atoms with Gasteiger partial charge in [-0.05, 0) is 50.7 Å². The zero-order valence-corrected chi connectivity index (χ0v) is 23.8. The second-order valence-corrected chi connectivity index (χ2v) is 11.5. The molecule has 2 aliphatic rings. The lowest BCUT2D eigenvalue weighted by molar-refractivity contribution is 0.0178. The summed E-state index contributed by atoms with van der Waals surface area (Å²) in [5.41, 5.74) is 1.21. The maximum Gasteiger partial charge on any atom is 0.200 e. The van der Waals surface area contributed by atoms with E-state index in [1.54, 1.807) is 0 Å². The van der Waals surface area contributed by atoms with Crippen molar-refractivity contribution < 1.29 is 9.47 Å². The molecule has 4 heteroatoms. The molecule has 2 heterocycles. The van der Waals surface area contributed by atoms with Gasteiger partial charge >= 0.3 is 0 Å². The van der Waals surface area contributed by atoms with E-state index in [-0.39, 0.29) is 23.3 Å². The van der Waals surface area contributed by atoms with Gasteiger partial charge in [-0.15, -0.1) is 0 Å². The number of ether oxygens (including phenoxy) is 2. The Morgan fingerprint density at radius 3 is 1.22 bits per heavy atom. The van der Waals surface area contributed by atoms with Gasteiger partial charge in [0.05, 0.1) is 0 Å². The molecule has 0 aromatic heterocycles. The standard InChI is InChI=1S/C33H46N2O2/c1-7-21-32(22-8-2)27(25-17-13-11-14-18-25)34-29(36-32)31(5,6)30-35-28(26-19-15-12-16-20-26)33(37-30,23-9-3)24-10-4/h11-20,27-28H,7-10,21-24H2,1-6H3/t27-,28-/m1/s1. The normalized spacial score (nSPS) is 22.2. The first-order chi connectivity index (χ1) is 17.9. The van der Waals surface area contributed by atoms with Crippen LogP contribution in [0.1, 0.15) is 116 Å². The summed E-state index contributed by atoms with van der Waals surface area (Å²) in [4.78, 5) is 10.7. The van der Waals surface area contributed by atoms with Gasteiger partial charge < -0.3 is 9.47 Å². The van der Waals surface area contributed by atoms with E-state index >= 15 is 0 Å². The van der Waals surface area contributed by atoms with Crippen molar-refractivity contribution in [2.75, 3.05) is 0 Å². The molecule has 0 N–H and O–H groups in total. The number of hydrogen-bond acceptors (Lipinski definition) is 4. The maximum atomic E-state index is 6.99. The van der Waals surface area contributed by atoms with Crippen LogP contribution in [-0.4, -0.2) is 23.0 Å². The summed E-state index contributed by atoms with van der Waals surface area (Å²) in [6, 6.07) is 21.3. The zero-order valence-electron chi connectivity index (χ0n) is 23.8. The highest BCUT2D eigenvalue weighted by atomic mass is 16.5. The molecule has 37 heavy (non-hydrogen) atoms. The molecule has 4 rings (SSSR count). The Kier molecular flexibility index (Phi) is 8.46. The Balaban J connectivity index is 1.76. The van der Waals surface area contributed by atoms with Crippen molar-refractivity contribution in [2.45, 2.75) is 116 Å². The highest BCUT2D eigenvalue weighted by molar-refractivity contribution is 6.06. The molecule has 0 aliphatic carbocycles. The summed E-state index contributed by atoms with van der Waals surface area (Å²) in [6.07, 6.45) is 8.09. The van der Waals surface area contributed by atoms with Crippen molar-refractivity contribution in [3.63, 3.8) is 0 Å². The van der Waals surface area contributed by atoms with E-state index < -0.39 is 5.41 Å². The topological polar surface area (TPSA) is 43.2 Å². The lowest BCUT2D eigenvalue weighted by Gasteiger charge is -2.37. The fourth-order valence-electron chi connectivity index (χ4n) is 6.41. The largest absolute Gasteiger partial charge is 0.471 e. The molecule has 4 nitrogen and oxygen atoms in total. The second-order valence-electron chi connectivity index (χ2n) is 11.5. The Hall–Kier alpha value is -2.62. The van der Waals surface area contributed by atoms with Crippen LogP contribution in [0.3, 0.4) is 0 Å². The first-order valence-corrected chi connectivity index (χ1v) is 14.5. The van der Waals surface area contributed by atoms with Crippen LogP contribution in [0.2, 0.25) is 0 Å². The Labute approximate surface area is 224 Å². The van der Waals surface area contributed by atoms with E-state index in [2.05, 4.69) is 102 Å². The van der Waals surface area contributed by atoms with Crippen LogP contribution < -0.4 is 0 Å². The number of aliphatic imine (C=N–C) groups is 2. The molecule has 0 radical (unpaired) electrons. The molecule has 0 amide bonds. The first kappa shape index (κ1) is 27.4. The van der Waals surface area contributed by atoms with Crippen molar-refractivity contribution in [3.05, 3.63) is 71.8 Å². The van der Waals surface area contributed by atoms with Gasteiger partial charge in [0, 0.05) is 0 Å². The zero-order chi connectivity index (χ0) is 26.5. The van der Waals surface area contributed by atoms with E-state index in [1.165, 1.54) is 11.1 Å². The van der Waals surface area contributed by atoms with Crippen LogP contribution in [0.25, 0.3) is 0 Å². The summed E-state index contributed by atoms with van der Waals surface area (Å²) in [5, 5.41) is 0. The smallest absolute Gasteiger partial charge is 0.200 e. The van der Waals surface area contributed by atoms with Crippen LogP contribution in [0.15, 0.2) is 70.6 Å². The molecule has 2 atom stereocenters. The molecule has 200 valence electrons. The lowest BCUT2D eigenvalue weighted by Crippen LogP contribution is -2.43. The predicted octanol–water partition coefficient (Wildman–Crippen LogP) is 9.03. The maximum absolute atomic E-state index is 6.99. The molecule has 0 unspecified atom stereocenters. The number of hydrogen-bond donors (Lipinski definition) is 0. The summed E-state index contributed by atoms with van der Waals surface area (Å²) in [6.45, 7) is 13.3. The van der Waals surface area contributed by atoms with Gasteiger partial charge in [-0.25, -0.2) is 9.98 Å². The third-order valence-corrected chi connectivity index (χ3v) is 8.08. The third-order valence-electron chi connectivity index (χ3n) is 8.08. The van der Waals surface area contributed by atoms with E-state index in [9.17, 15) is 0 Å². The molecule has 2 aromatic carbocycles. The average molecular weight is 503 g/mol. The molecular weight excluding hydrogens is 456 g/mol. The SMILES string of the molecule is CCCC1(CCC)OC(C(C)(C)C2=N[C@H](c3ccccc3)C(CCC)(CCC)O2)=N[C@@H]1c1ccccc1. The second kappa shape index (κ2) is 11.4. The molecule has 2 aliphatic heterocycles. The van der Waals surface area contributed by atoms with Gasteiger partial charge in [0.1, 0.15) is 28.7 Å². The summed E-state index contributed by atoms with van der Waals surface area (Å²) in [7, 11) is 0. The fraction of sp³-hybridized carbons (Fsp3) is 0.576. The average Bonchev–Trinajstić information content (AvgIpc) is 3.46. The van der Waals surface area contributed by atoms with Gasteiger partial charge in [0.2, 0.25) is 0 Å². The predicted molar refractivity (Wildman–Crippen MR) is 154 cm³/mol. The fourth-order valence-corrected chi connectivity index (χ4v) is 6.41. The van der Waals surface area contributed by atoms with Crippen LogP contribution in [0.5, 0.6) is 0 Å². The van der Waals surface area contributed by atoms with Crippen molar-refractivity contribution >= 4 is 11.8 Å². The summed E-state index contributed by atoms with van der Waals surface area (Å²) in [5.74, 6) is 1.52. The van der Waals surface area contributed by atoms with Crippen molar-refractivity contribution in [2.24, 2.45) is 15.4 Å². The van der Waals surface area contributed by atoms with Gasteiger partial charge in [-0.3, -0.25) is 0 Å². The molecule has 2 aromatic rings. The lowest BCUT2D eigenvalue weighted by atomic mass is 9.82. The van der Waals surface area contributed by atoms with E-state index in [1.807, 2.05) is 0 Å². The van der Waals surface area contributed by atoms with Gasteiger partial charge in [0.25, 0.3) is 0 Å². The van der Waals surface area contributed by atoms with E-state index in [0.29, 0.717) is 0 Å². The highest BCUT2D eigenvalue weighted by Crippen LogP contribution is 2.51. The van der Waals surface area contributed by atoms with Crippen molar-refractivity contribution in [3.8, 4) is 0 Å². The van der Waals surface area contributed by atoms with Crippen molar-refractivity contribution in [1.29, 1.82) is 0 Å². The van der Waals surface area contributed by atoms with Crippen LogP contribution in [-0.2, 0) is 9.47 Å². The molecule has 0 bridgehead atoms. The van der Waals surface area contributed by atoms with E-state index in [0.717, 1.165) is 63.2 Å². The van der Waals surface area contributed by atoms with Crippen LogP contribution >= 0.6 is 0 Å². The summed E-state index contributed by atoms with van der Waals surface area (Å²) < 4.78 is 14.0. The van der Waals surface area contributed by atoms with Gasteiger partial charge in [-0.2, -0.15) is 0 Å². The summed E-state index contributed by atoms with van der Waals surface area (Å²) >= 11 is 0. The molecular formula is C33H46N2O2. The Bertz CT molecular complexity index is 977. The first-order valence-electron chi connectivity index (χ1n) is 14.5. The quantitative estimate of drug-likeness (QED) is 0.290. The molecule has 0 saturated carbocycles. The number of nitrogens with zero attached hydrogens (tertiary/aromatic N) is 2. The van der Waals surface area contributed by atoms with Gasteiger partial charge in [0.15, 0.2) is 11.8 Å². The minimum atomic E-state index is -0.563. The highest BCUT2D eigenvalue weighted by Gasteiger charge is 2.55. The molecule has 0 saturated heterocycles. The van der Waals surface area contributed by atoms with Crippen molar-refractivity contribution in [1.82, 2.24) is 0 Å². The molecule has 0 spiro atoms. The molecule has 0 fully saturated rings. The Morgan fingerprint density at radius 1 is 0.595 bits per heavy atom. The van der Waals surface area contributed by atoms with Gasteiger partial charge in [-0.1, -0.05) is 114 Å². The van der Waals surface area contributed by atoms with Crippen LogP contribution in [0, 0.1) is 5.41 Å². The minimum Gasteiger partial charge on any atom is -0.471 e. The van der Waals surface area contributed by atoms with Crippen LogP contribution in [0.4, 0.5) is 0 Å². The monoisotopic (exact) mass is 502 g/mol. The third kappa shape index (κ3) is 5.22.